The molecule has 1 aromatic carbocycles. The zero-order valence-corrected chi connectivity index (χ0v) is 12.3. The SMILES string of the molecule is CC1=NN(Cc2ccccc2)C(c2cccnc2)C1C(=O)O. The molecule has 1 aromatic heterocycles. The Bertz CT molecular complexity index is 686. The lowest BCUT2D eigenvalue weighted by Crippen LogP contribution is -2.30. The molecule has 1 aliphatic rings. The molecule has 0 fully saturated rings. The molecule has 3 rings (SSSR count). The van der Waals surface area contributed by atoms with E-state index in [2.05, 4.69) is 10.1 Å². The van der Waals surface area contributed by atoms with Crippen LogP contribution in [0.25, 0.3) is 0 Å². The van der Waals surface area contributed by atoms with Crippen molar-refractivity contribution in [2.75, 3.05) is 0 Å². The van der Waals surface area contributed by atoms with Gasteiger partial charge in [0.05, 0.1) is 18.3 Å². The van der Waals surface area contributed by atoms with E-state index in [1.54, 1.807) is 19.3 Å². The standard InChI is InChI=1S/C17H17N3O2/c1-12-15(17(21)22)16(14-8-5-9-18-10-14)20(19-12)11-13-6-3-2-4-7-13/h2-10,15-16H,11H2,1H3,(H,21,22). The van der Waals surface area contributed by atoms with Gasteiger partial charge in [-0.15, -0.1) is 0 Å². The van der Waals surface area contributed by atoms with E-state index in [4.69, 9.17) is 0 Å². The Balaban J connectivity index is 1.95. The van der Waals surface area contributed by atoms with E-state index in [9.17, 15) is 9.90 Å². The average Bonchev–Trinajstić information content (AvgIpc) is 2.85. The van der Waals surface area contributed by atoms with Crippen LogP contribution in [0.15, 0.2) is 60.0 Å². The molecule has 0 aliphatic carbocycles. The maximum Gasteiger partial charge on any atom is 0.314 e. The van der Waals surface area contributed by atoms with Crippen LogP contribution in [0.5, 0.6) is 0 Å². The Hall–Kier alpha value is -2.69. The molecular weight excluding hydrogens is 278 g/mol. The summed E-state index contributed by atoms with van der Waals surface area (Å²) >= 11 is 0. The maximum absolute atomic E-state index is 11.7. The monoisotopic (exact) mass is 295 g/mol. The number of pyridine rings is 1. The van der Waals surface area contributed by atoms with Crippen LogP contribution in [-0.2, 0) is 11.3 Å². The predicted molar refractivity (Wildman–Crippen MR) is 83.2 cm³/mol. The van der Waals surface area contributed by atoms with Gasteiger partial charge in [0, 0.05) is 12.4 Å². The molecule has 0 saturated heterocycles. The lowest BCUT2D eigenvalue weighted by Gasteiger charge is -2.26. The van der Waals surface area contributed by atoms with E-state index in [1.807, 2.05) is 47.5 Å². The molecule has 0 amide bonds. The summed E-state index contributed by atoms with van der Waals surface area (Å²) in [5, 5.41) is 15.9. The first kappa shape index (κ1) is 14.3. The number of hydrazone groups is 1. The van der Waals surface area contributed by atoms with Crippen molar-refractivity contribution in [1.82, 2.24) is 9.99 Å². The van der Waals surface area contributed by atoms with Crippen molar-refractivity contribution in [1.29, 1.82) is 0 Å². The third kappa shape index (κ3) is 2.70. The highest BCUT2D eigenvalue weighted by molar-refractivity contribution is 6.02. The summed E-state index contributed by atoms with van der Waals surface area (Å²) in [5.74, 6) is -1.50. The molecule has 1 N–H and O–H groups in total. The van der Waals surface area contributed by atoms with Gasteiger partial charge >= 0.3 is 5.97 Å². The predicted octanol–water partition coefficient (Wildman–Crippen LogP) is 2.72. The highest BCUT2D eigenvalue weighted by Crippen LogP contribution is 2.36. The molecule has 0 bridgehead atoms. The molecule has 0 radical (unpaired) electrons. The summed E-state index contributed by atoms with van der Waals surface area (Å²) in [5.41, 5.74) is 2.59. The number of carbonyl (C=O) groups is 1. The van der Waals surface area contributed by atoms with Crippen molar-refractivity contribution in [2.24, 2.45) is 11.0 Å². The second kappa shape index (κ2) is 5.97. The second-order valence-corrected chi connectivity index (χ2v) is 5.37. The van der Waals surface area contributed by atoms with Gasteiger partial charge in [-0.3, -0.25) is 14.8 Å². The first-order chi connectivity index (χ1) is 10.7. The molecule has 0 saturated carbocycles. The number of hydrogen-bond donors (Lipinski definition) is 1. The lowest BCUT2D eigenvalue weighted by molar-refractivity contribution is -0.140. The van der Waals surface area contributed by atoms with Gasteiger partial charge in [0.15, 0.2) is 0 Å². The summed E-state index contributed by atoms with van der Waals surface area (Å²) in [6.45, 7) is 2.34. The van der Waals surface area contributed by atoms with E-state index < -0.39 is 11.9 Å². The Morgan fingerprint density at radius 3 is 2.64 bits per heavy atom. The quantitative estimate of drug-likeness (QED) is 0.942. The van der Waals surface area contributed by atoms with E-state index in [0.29, 0.717) is 12.3 Å². The first-order valence-electron chi connectivity index (χ1n) is 7.15. The number of nitrogens with zero attached hydrogens (tertiary/aromatic N) is 3. The smallest absolute Gasteiger partial charge is 0.314 e. The maximum atomic E-state index is 11.7. The van der Waals surface area contributed by atoms with Crippen molar-refractivity contribution < 1.29 is 9.90 Å². The van der Waals surface area contributed by atoms with Crippen LogP contribution >= 0.6 is 0 Å². The van der Waals surface area contributed by atoms with E-state index in [1.165, 1.54) is 0 Å². The summed E-state index contributed by atoms with van der Waals surface area (Å²) in [6, 6.07) is 13.3. The Morgan fingerprint density at radius 1 is 1.23 bits per heavy atom. The van der Waals surface area contributed by atoms with E-state index in [0.717, 1.165) is 11.1 Å². The fraction of sp³-hybridized carbons (Fsp3) is 0.235. The van der Waals surface area contributed by atoms with Gasteiger partial charge in [-0.25, -0.2) is 0 Å². The van der Waals surface area contributed by atoms with Crippen molar-refractivity contribution in [3.05, 3.63) is 66.0 Å². The number of benzene rings is 1. The minimum Gasteiger partial charge on any atom is -0.481 e. The molecule has 5 heteroatoms. The van der Waals surface area contributed by atoms with Gasteiger partial charge in [0.25, 0.3) is 0 Å². The highest BCUT2D eigenvalue weighted by atomic mass is 16.4. The Morgan fingerprint density at radius 2 is 2.00 bits per heavy atom. The number of aliphatic carboxylic acids is 1. The van der Waals surface area contributed by atoms with Gasteiger partial charge in [0.1, 0.15) is 5.92 Å². The lowest BCUT2D eigenvalue weighted by atomic mass is 9.91. The third-order valence-electron chi connectivity index (χ3n) is 3.85. The topological polar surface area (TPSA) is 65.8 Å². The molecule has 2 aromatic rings. The minimum atomic E-state index is -0.856. The number of aromatic nitrogens is 1. The van der Waals surface area contributed by atoms with Crippen molar-refractivity contribution in [3.63, 3.8) is 0 Å². The van der Waals surface area contributed by atoms with Crippen molar-refractivity contribution in [2.45, 2.75) is 19.5 Å². The van der Waals surface area contributed by atoms with Crippen molar-refractivity contribution in [3.8, 4) is 0 Å². The third-order valence-corrected chi connectivity index (χ3v) is 3.85. The Labute approximate surface area is 128 Å². The summed E-state index contributed by atoms with van der Waals surface area (Å²) in [7, 11) is 0. The molecular formula is C17H17N3O2. The van der Waals surface area contributed by atoms with Gasteiger partial charge < -0.3 is 5.11 Å². The normalized spacial score (nSPS) is 20.8. The molecule has 1 aliphatic heterocycles. The average molecular weight is 295 g/mol. The number of carboxylic acid groups (broad SMARTS) is 1. The van der Waals surface area contributed by atoms with Crippen LogP contribution in [0, 0.1) is 5.92 Å². The molecule has 112 valence electrons. The Kier molecular flexibility index (Phi) is 3.87. The van der Waals surface area contributed by atoms with Crippen LogP contribution in [0.1, 0.15) is 24.1 Å². The van der Waals surface area contributed by atoms with Crippen LogP contribution < -0.4 is 0 Å². The van der Waals surface area contributed by atoms with E-state index in [-0.39, 0.29) is 6.04 Å². The molecule has 2 atom stereocenters. The van der Waals surface area contributed by atoms with Crippen LogP contribution in [0.4, 0.5) is 0 Å². The van der Waals surface area contributed by atoms with Crippen LogP contribution in [0.2, 0.25) is 0 Å². The number of rotatable bonds is 4. The second-order valence-electron chi connectivity index (χ2n) is 5.37. The van der Waals surface area contributed by atoms with E-state index >= 15 is 0 Å². The highest BCUT2D eigenvalue weighted by Gasteiger charge is 2.41. The largest absolute Gasteiger partial charge is 0.481 e. The molecule has 0 spiro atoms. The zero-order valence-electron chi connectivity index (χ0n) is 12.3. The summed E-state index contributed by atoms with van der Waals surface area (Å²) in [6.07, 6.45) is 3.40. The fourth-order valence-electron chi connectivity index (χ4n) is 2.86. The van der Waals surface area contributed by atoms with Gasteiger partial charge in [-0.1, -0.05) is 36.4 Å². The summed E-state index contributed by atoms with van der Waals surface area (Å²) in [4.78, 5) is 15.8. The molecule has 5 nitrogen and oxygen atoms in total. The first-order valence-corrected chi connectivity index (χ1v) is 7.15. The number of hydrogen-bond acceptors (Lipinski definition) is 4. The fourth-order valence-corrected chi connectivity index (χ4v) is 2.86. The minimum absolute atomic E-state index is 0.327. The van der Waals surface area contributed by atoms with Crippen LogP contribution in [-0.4, -0.2) is 26.8 Å². The summed E-state index contributed by atoms with van der Waals surface area (Å²) < 4.78 is 0. The van der Waals surface area contributed by atoms with Crippen LogP contribution in [0.3, 0.4) is 0 Å². The van der Waals surface area contributed by atoms with Crippen molar-refractivity contribution >= 4 is 11.7 Å². The molecule has 22 heavy (non-hydrogen) atoms. The molecule has 2 unspecified atom stereocenters. The zero-order chi connectivity index (χ0) is 15.5. The van der Waals surface area contributed by atoms with Gasteiger partial charge in [0.2, 0.25) is 0 Å². The molecule has 2 heterocycles. The number of carboxylic acids is 1. The van der Waals surface area contributed by atoms with Gasteiger partial charge in [-0.2, -0.15) is 5.10 Å². The van der Waals surface area contributed by atoms with Gasteiger partial charge in [-0.05, 0) is 24.1 Å².